The van der Waals surface area contributed by atoms with E-state index >= 15 is 0 Å². The van der Waals surface area contributed by atoms with E-state index in [9.17, 15) is 13.2 Å². The molecule has 1 atom stereocenters. The van der Waals surface area contributed by atoms with Gasteiger partial charge in [0.1, 0.15) is 5.01 Å². The highest BCUT2D eigenvalue weighted by atomic mass is 32.2. The molecule has 0 bridgehead atoms. The summed E-state index contributed by atoms with van der Waals surface area (Å²) in [6.45, 7) is 1.70. The van der Waals surface area contributed by atoms with Crippen LogP contribution in [0.25, 0.3) is 0 Å². The Kier molecular flexibility index (Phi) is 4.17. The number of hydrogen-bond donors (Lipinski definition) is 2. The van der Waals surface area contributed by atoms with E-state index in [0.717, 1.165) is 0 Å². The smallest absolute Gasteiger partial charge is 0.335 e. The normalized spacial score (nSPS) is 13.1. The SMILES string of the molecule is CC(NS(=O)(=O)c1ccc(C(=O)O)cc1)c1nccs1. The first kappa shape index (κ1) is 14.6. The van der Waals surface area contributed by atoms with Crippen LogP contribution in [-0.4, -0.2) is 24.5 Å². The van der Waals surface area contributed by atoms with Crippen molar-refractivity contribution in [2.45, 2.75) is 17.9 Å². The quantitative estimate of drug-likeness (QED) is 0.878. The maximum absolute atomic E-state index is 12.1. The maximum atomic E-state index is 12.1. The van der Waals surface area contributed by atoms with Gasteiger partial charge in [-0.3, -0.25) is 0 Å². The number of thiazole rings is 1. The lowest BCUT2D eigenvalue weighted by Gasteiger charge is -2.12. The summed E-state index contributed by atoms with van der Waals surface area (Å²) in [7, 11) is -3.70. The zero-order chi connectivity index (χ0) is 14.8. The van der Waals surface area contributed by atoms with Crippen LogP contribution in [0.4, 0.5) is 0 Å². The number of nitrogens with one attached hydrogen (secondary N) is 1. The van der Waals surface area contributed by atoms with Gasteiger partial charge < -0.3 is 5.11 Å². The second-order valence-corrected chi connectivity index (χ2v) is 6.68. The predicted octanol–water partition coefficient (Wildman–Crippen LogP) is 1.88. The average molecular weight is 312 g/mol. The zero-order valence-electron chi connectivity index (χ0n) is 10.5. The van der Waals surface area contributed by atoms with Gasteiger partial charge in [0, 0.05) is 11.6 Å². The number of benzene rings is 1. The Hall–Kier alpha value is -1.77. The minimum absolute atomic E-state index is 0.0194. The third-order valence-electron chi connectivity index (χ3n) is 2.57. The minimum atomic E-state index is -3.70. The second-order valence-electron chi connectivity index (χ2n) is 4.04. The van der Waals surface area contributed by atoms with E-state index in [1.807, 2.05) is 0 Å². The topological polar surface area (TPSA) is 96.4 Å². The van der Waals surface area contributed by atoms with E-state index in [1.165, 1.54) is 35.6 Å². The zero-order valence-corrected chi connectivity index (χ0v) is 12.1. The molecular formula is C12H12N2O4S2. The van der Waals surface area contributed by atoms with Crippen LogP contribution in [0, 0.1) is 0 Å². The van der Waals surface area contributed by atoms with Crippen LogP contribution in [0.15, 0.2) is 40.7 Å². The van der Waals surface area contributed by atoms with Crippen molar-refractivity contribution < 1.29 is 18.3 Å². The van der Waals surface area contributed by atoms with Crippen LogP contribution < -0.4 is 4.72 Å². The van der Waals surface area contributed by atoms with Gasteiger partial charge in [0.2, 0.25) is 10.0 Å². The van der Waals surface area contributed by atoms with Crippen LogP contribution >= 0.6 is 11.3 Å². The molecule has 0 aliphatic carbocycles. The number of aromatic nitrogens is 1. The Balaban J connectivity index is 2.20. The van der Waals surface area contributed by atoms with Crippen LogP contribution in [0.3, 0.4) is 0 Å². The van der Waals surface area contributed by atoms with Gasteiger partial charge in [0.25, 0.3) is 0 Å². The van der Waals surface area contributed by atoms with Crippen LogP contribution in [0.5, 0.6) is 0 Å². The third-order valence-corrected chi connectivity index (χ3v) is 5.08. The summed E-state index contributed by atoms with van der Waals surface area (Å²) < 4.78 is 26.8. The monoisotopic (exact) mass is 312 g/mol. The molecular weight excluding hydrogens is 300 g/mol. The molecule has 0 saturated heterocycles. The van der Waals surface area contributed by atoms with E-state index in [0.29, 0.717) is 5.01 Å². The van der Waals surface area contributed by atoms with Gasteiger partial charge in [0.05, 0.1) is 16.5 Å². The lowest BCUT2D eigenvalue weighted by atomic mass is 10.2. The summed E-state index contributed by atoms with van der Waals surface area (Å²) in [5, 5.41) is 11.2. The van der Waals surface area contributed by atoms with Crippen molar-refractivity contribution in [1.82, 2.24) is 9.71 Å². The molecule has 1 unspecified atom stereocenters. The minimum Gasteiger partial charge on any atom is -0.478 e. The Morgan fingerprint density at radius 3 is 2.50 bits per heavy atom. The standard InChI is InChI=1S/C12H12N2O4S2/c1-8(11-13-6-7-19-11)14-20(17,18)10-4-2-9(3-5-10)12(15)16/h2-8,14H,1H3,(H,15,16). The summed E-state index contributed by atoms with van der Waals surface area (Å²) in [5.41, 5.74) is 0.0388. The fourth-order valence-electron chi connectivity index (χ4n) is 1.58. The molecule has 0 fully saturated rings. The third kappa shape index (κ3) is 3.21. The van der Waals surface area contributed by atoms with Crippen molar-refractivity contribution in [3.8, 4) is 0 Å². The highest BCUT2D eigenvalue weighted by Crippen LogP contribution is 2.18. The molecule has 0 radical (unpaired) electrons. The number of carbonyl (C=O) groups is 1. The number of nitrogens with zero attached hydrogens (tertiary/aromatic N) is 1. The predicted molar refractivity (Wildman–Crippen MR) is 74.3 cm³/mol. The summed E-state index contributed by atoms with van der Waals surface area (Å²) in [6, 6.07) is 4.59. The second kappa shape index (κ2) is 5.70. The van der Waals surface area contributed by atoms with E-state index in [4.69, 9.17) is 5.11 Å². The number of hydrogen-bond acceptors (Lipinski definition) is 5. The molecule has 0 aliphatic rings. The van der Waals surface area contributed by atoms with E-state index in [1.54, 1.807) is 18.5 Å². The molecule has 0 aliphatic heterocycles. The molecule has 8 heteroatoms. The first-order valence-electron chi connectivity index (χ1n) is 5.65. The maximum Gasteiger partial charge on any atom is 0.335 e. The Morgan fingerprint density at radius 1 is 1.35 bits per heavy atom. The molecule has 1 aromatic carbocycles. The highest BCUT2D eigenvalue weighted by Gasteiger charge is 2.20. The molecule has 106 valence electrons. The molecule has 2 N–H and O–H groups in total. The molecule has 0 saturated carbocycles. The molecule has 2 rings (SSSR count). The molecule has 0 spiro atoms. The van der Waals surface area contributed by atoms with Crippen LogP contribution in [-0.2, 0) is 10.0 Å². The number of carboxylic acids is 1. The number of aromatic carboxylic acids is 1. The largest absolute Gasteiger partial charge is 0.478 e. The van der Waals surface area contributed by atoms with Gasteiger partial charge in [-0.1, -0.05) is 0 Å². The van der Waals surface area contributed by atoms with E-state index in [-0.39, 0.29) is 10.5 Å². The summed E-state index contributed by atoms with van der Waals surface area (Å²) >= 11 is 1.36. The fraction of sp³-hybridized carbons (Fsp3) is 0.167. The lowest BCUT2D eigenvalue weighted by Crippen LogP contribution is -2.26. The van der Waals surface area contributed by atoms with Gasteiger partial charge >= 0.3 is 5.97 Å². The van der Waals surface area contributed by atoms with Crippen molar-refractivity contribution in [2.24, 2.45) is 0 Å². The van der Waals surface area contributed by atoms with Crippen molar-refractivity contribution in [3.63, 3.8) is 0 Å². The van der Waals surface area contributed by atoms with Gasteiger partial charge in [-0.05, 0) is 31.2 Å². The molecule has 6 nitrogen and oxygen atoms in total. The average Bonchev–Trinajstić information content (AvgIpc) is 2.92. The molecule has 1 heterocycles. The number of rotatable bonds is 5. The Morgan fingerprint density at radius 2 is 2.00 bits per heavy atom. The fourth-order valence-corrected chi connectivity index (χ4v) is 3.50. The lowest BCUT2D eigenvalue weighted by molar-refractivity contribution is 0.0696. The molecule has 2 aromatic rings. The molecule has 20 heavy (non-hydrogen) atoms. The van der Waals surface area contributed by atoms with Crippen molar-refractivity contribution in [1.29, 1.82) is 0 Å². The molecule has 1 aromatic heterocycles. The number of sulfonamides is 1. The van der Waals surface area contributed by atoms with Crippen molar-refractivity contribution >= 4 is 27.3 Å². The summed E-state index contributed by atoms with van der Waals surface area (Å²) in [4.78, 5) is 14.8. The number of carboxylic acid groups (broad SMARTS) is 1. The summed E-state index contributed by atoms with van der Waals surface area (Å²) in [6.07, 6.45) is 1.60. The van der Waals surface area contributed by atoms with E-state index in [2.05, 4.69) is 9.71 Å². The first-order chi connectivity index (χ1) is 9.40. The summed E-state index contributed by atoms with van der Waals surface area (Å²) in [5.74, 6) is -1.10. The van der Waals surface area contributed by atoms with E-state index < -0.39 is 22.0 Å². The van der Waals surface area contributed by atoms with Gasteiger partial charge in [0.15, 0.2) is 0 Å². The van der Waals surface area contributed by atoms with Gasteiger partial charge in [-0.2, -0.15) is 0 Å². The van der Waals surface area contributed by atoms with Crippen LogP contribution in [0.1, 0.15) is 28.3 Å². The van der Waals surface area contributed by atoms with Crippen molar-refractivity contribution in [3.05, 3.63) is 46.4 Å². The van der Waals surface area contributed by atoms with Gasteiger partial charge in [-0.25, -0.2) is 22.9 Å². The van der Waals surface area contributed by atoms with Crippen LogP contribution in [0.2, 0.25) is 0 Å². The molecule has 0 amide bonds. The van der Waals surface area contributed by atoms with Crippen molar-refractivity contribution in [2.75, 3.05) is 0 Å². The Bertz CT molecular complexity index is 694. The van der Waals surface area contributed by atoms with Gasteiger partial charge in [-0.15, -0.1) is 11.3 Å². The first-order valence-corrected chi connectivity index (χ1v) is 8.01. The Labute approximate surface area is 120 Å². The highest BCUT2D eigenvalue weighted by molar-refractivity contribution is 7.89.